The summed E-state index contributed by atoms with van der Waals surface area (Å²) in [6, 6.07) is 0.675. The fourth-order valence-electron chi connectivity index (χ4n) is 1.61. The molecule has 2 atom stereocenters. The zero-order valence-corrected chi connectivity index (χ0v) is 9.12. The van der Waals surface area contributed by atoms with Crippen LogP contribution in [0.25, 0.3) is 0 Å². The Kier molecular flexibility index (Phi) is 4.42. The molecule has 0 aromatic rings. The first-order valence-electron chi connectivity index (χ1n) is 4.84. The van der Waals surface area contributed by atoms with E-state index in [1.165, 1.54) is 12.8 Å². The first kappa shape index (κ1) is 10.7. The van der Waals surface area contributed by atoms with Crippen LogP contribution in [0.2, 0.25) is 0 Å². The minimum absolute atomic E-state index is 0.000142. The number of rotatable bonds is 5. The van der Waals surface area contributed by atoms with Gasteiger partial charge in [-0.1, -0.05) is 19.8 Å². The number of nitrogens with one attached hydrogen (secondary N) is 2. The van der Waals surface area contributed by atoms with Gasteiger partial charge in [-0.25, -0.2) is 4.79 Å². The van der Waals surface area contributed by atoms with E-state index in [1.807, 2.05) is 0 Å². The van der Waals surface area contributed by atoms with Crippen LogP contribution in [0, 0.1) is 0 Å². The minimum atomic E-state index is 0.000142. The molecule has 1 aliphatic heterocycles. The lowest BCUT2D eigenvalue weighted by Crippen LogP contribution is -2.35. The second-order valence-corrected chi connectivity index (χ2v) is 4.34. The second kappa shape index (κ2) is 5.37. The van der Waals surface area contributed by atoms with Crippen molar-refractivity contribution in [3.05, 3.63) is 0 Å². The molecule has 0 aromatic carbocycles. The maximum atomic E-state index is 11.1. The van der Waals surface area contributed by atoms with Crippen LogP contribution in [0.15, 0.2) is 0 Å². The molecule has 0 bridgehead atoms. The molecule has 1 fully saturated rings. The maximum Gasteiger partial charge on any atom is 0.315 e. The molecule has 2 unspecified atom stereocenters. The molecule has 76 valence electrons. The van der Waals surface area contributed by atoms with Crippen LogP contribution in [-0.4, -0.2) is 30.1 Å². The molecule has 4 heteroatoms. The average molecular weight is 202 g/mol. The summed E-state index contributed by atoms with van der Waals surface area (Å²) >= 11 is 1.78. The fraction of sp³-hybridized carbons (Fsp3) is 0.889. The highest BCUT2D eigenvalue weighted by Gasteiger charge is 2.29. The van der Waals surface area contributed by atoms with E-state index in [4.69, 9.17) is 0 Å². The van der Waals surface area contributed by atoms with Gasteiger partial charge < -0.3 is 10.6 Å². The Morgan fingerprint density at radius 1 is 1.38 bits per heavy atom. The van der Waals surface area contributed by atoms with E-state index in [2.05, 4.69) is 23.8 Å². The molecule has 1 saturated heterocycles. The fourth-order valence-corrected chi connectivity index (χ4v) is 2.29. The Balaban J connectivity index is 2.36. The van der Waals surface area contributed by atoms with Gasteiger partial charge in [0.1, 0.15) is 0 Å². The van der Waals surface area contributed by atoms with E-state index in [9.17, 15) is 4.79 Å². The summed E-state index contributed by atoms with van der Waals surface area (Å²) in [5.74, 6) is 1.01. The standard InChI is InChI=1S/C9H18N2OS/c1-3-4-5-7-8(6-13-2)11-9(12)10-7/h7-8H,3-6H2,1-2H3,(H2,10,11,12). The lowest BCUT2D eigenvalue weighted by molar-refractivity contribution is 0.247. The number of hydrogen-bond donors (Lipinski definition) is 2. The molecule has 1 aliphatic rings. The largest absolute Gasteiger partial charge is 0.333 e. The van der Waals surface area contributed by atoms with Gasteiger partial charge in [-0.15, -0.1) is 0 Å². The molecule has 2 N–H and O–H groups in total. The Bertz CT molecular complexity index is 175. The summed E-state index contributed by atoms with van der Waals surface area (Å²) in [4.78, 5) is 11.1. The van der Waals surface area contributed by atoms with Crippen LogP contribution in [0.4, 0.5) is 4.79 Å². The van der Waals surface area contributed by atoms with Crippen molar-refractivity contribution in [2.45, 2.75) is 38.3 Å². The molecule has 0 aliphatic carbocycles. The van der Waals surface area contributed by atoms with Crippen LogP contribution < -0.4 is 10.6 Å². The molecule has 3 nitrogen and oxygen atoms in total. The van der Waals surface area contributed by atoms with Gasteiger partial charge in [0.15, 0.2) is 0 Å². The van der Waals surface area contributed by atoms with Crippen molar-refractivity contribution in [1.82, 2.24) is 10.6 Å². The summed E-state index contributed by atoms with van der Waals surface area (Å²) in [6.45, 7) is 2.17. The monoisotopic (exact) mass is 202 g/mol. The number of carbonyl (C=O) groups excluding carboxylic acids is 1. The van der Waals surface area contributed by atoms with Gasteiger partial charge in [0.05, 0.1) is 12.1 Å². The third-order valence-corrected chi connectivity index (χ3v) is 3.03. The number of thioether (sulfide) groups is 1. The molecule has 0 radical (unpaired) electrons. The second-order valence-electron chi connectivity index (χ2n) is 3.43. The summed E-state index contributed by atoms with van der Waals surface area (Å²) < 4.78 is 0. The van der Waals surface area contributed by atoms with Crippen LogP contribution in [0.5, 0.6) is 0 Å². The zero-order chi connectivity index (χ0) is 9.68. The lowest BCUT2D eigenvalue weighted by atomic mass is 10.1. The van der Waals surface area contributed by atoms with Crippen molar-refractivity contribution in [1.29, 1.82) is 0 Å². The van der Waals surface area contributed by atoms with Crippen molar-refractivity contribution in [2.24, 2.45) is 0 Å². The molecule has 0 spiro atoms. The van der Waals surface area contributed by atoms with Crippen LogP contribution in [-0.2, 0) is 0 Å². The SMILES string of the molecule is CCCCC1NC(=O)NC1CSC. The van der Waals surface area contributed by atoms with E-state index in [-0.39, 0.29) is 6.03 Å². The summed E-state index contributed by atoms with van der Waals surface area (Å²) in [7, 11) is 0. The Hall–Kier alpha value is -0.380. The first-order chi connectivity index (χ1) is 6.27. The first-order valence-corrected chi connectivity index (χ1v) is 6.23. The van der Waals surface area contributed by atoms with Gasteiger partial charge in [0.25, 0.3) is 0 Å². The highest BCUT2D eigenvalue weighted by atomic mass is 32.2. The third-order valence-electron chi connectivity index (χ3n) is 2.33. The number of urea groups is 1. The van der Waals surface area contributed by atoms with Crippen LogP contribution >= 0.6 is 11.8 Å². The molecule has 13 heavy (non-hydrogen) atoms. The van der Waals surface area contributed by atoms with E-state index < -0.39 is 0 Å². The summed E-state index contributed by atoms with van der Waals surface area (Å²) in [6.07, 6.45) is 5.55. The molecule has 1 rings (SSSR count). The third kappa shape index (κ3) is 3.10. The van der Waals surface area contributed by atoms with Gasteiger partial charge in [-0.2, -0.15) is 11.8 Å². The summed E-state index contributed by atoms with van der Waals surface area (Å²) in [5, 5.41) is 5.90. The Morgan fingerprint density at radius 2 is 2.08 bits per heavy atom. The predicted molar refractivity (Wildman–Crippen MR) is 57.2 cm³/mol. The van der Waals surface area contributed by atoms with Gasteiger partial charge >= 0.3 is 6.03 Å². The van der Waals surface area contributed by atoms with Crippen LogP contribution in [0.1, 0.15) is 26.2 Å². The molecule has 0 aromatic heterocycles. The van der Waals surface area contributed by atoms with Gasteiger partial charge in [0, 0.05) is 5.75 Å². The van der Waals surface area contributed by atoms with Crippen molar-refractivity contribution < 1.29 is 4.79 Å². The predicted octanol–water partition coefficient (Wildman–Crippen LogP) is 1.59. The Morgan fingerprint density at radius 3 is 2.69 bits per heavy atom. The van der Waals surface area contributed by atoms with E-state index in [0.717, 1.165) is 12.2 Å². The molecule has 2 amide bonds. The van der Waals surface area contributed by atoms with Crippen LogP contribution in [0.3, 0.4) is 0 Å². The molecule has 1 heterocycles. The average Bonchev–Trinajstić information content (AvgIpc) is 2.44. The van der Waals surface area contributed by atoms with Crippen molar-refractivity contribution >= 4 is 17.8 Å². The van der Waals surface area contributed by atoms with Gasteiger partial charge in [0.2, 0.25) is 0 Å². The number of hydrogen-bond acceptors (Lipinski definition) is 2. The highest BCUT2D eigenvalue weighted by molar-refractivity contribution is 7.98. The van der Waals surface area contributed by atoms with Crippen molar-refractivity contribution in [2.75, 3.05) is 12.0 Å². The topological polar surface area (TPSA) is 41.1 Å². The quantitative estimate of drug-likeness (QED) is 0.711. The van der Waals surface area contributed by atoms with Crippen molar-refractivity contribution in [3.63, 3.8) is 0 Å². The Labute approximate surface area is 84.0 Å². The van der Waals surface area contributed by atoms with Crippen molar-refractivity contribution in [3.8, 4) is 0 Å². The molecule has 0 saturated carbocycles. The molecular formula is C9H18N2OS. The molecular weight excluding hydrogens is 184 g/mol. The van der Waals surface area contributed by atoms with Gasteiger partial charge in [-0.3, -0.25) is 0 Å². The lowest BCUT2D eigenvalue weighted by Gasteiger charge is -2.16. The smallest absolute Gasteiger partial charge is 0.315 e. The maximum absolute atomic E-state index is 11.1. The minimum Gasteiger partial charge on any atom is -0.333 e. The zero-order valence-electron chi connectivity index (χ0n) is 8.30. The van der Waals surface area contributed by atoms with E-state index >= 15 is 0 Å². The van der Waals surface area contributed by atoms with E-state index in [0.29, 0.717) is 12.1 Å². The normalized spacial score (nSPS) is 27.1. The number of carbonyl (C=O) groups is 1. The highest BCUT2D eigenvalue weighted by Crippen LogP contribution is 2.12. The number of unbranched alkanes of at least 4 members (excludes halogenated alkanes) is 1. The van der Waals surface area contributed by atoms with E-state index in [1.54, 1.807) is 11.8 Å². The van der Waals surface area contributed by atoms with Gasteiger partial charge in [-0.05, 0) is 12.7 Å². The summed E-state index contributed by atoms with van der Waals surface area (Å²) in [5.41, 5.74) is 0. The number of amides is 2.